The van der Waals surface area contributed by atoms with Gasteiger partial charge in [-0.15, -0.1) is 0 Å². The summed E-state index contributed by atoms with van der Waals surface area (Å²) < 4.78 is 4.91. The fraction of sp³-hybridized carbons (Fsp3) is 0.357. The molecule has 1 amide bonds. The first kappa shape index (κ1) is 11.1. The summed E-state index contributed by atoms with van der Waals surface area (Å²) in [6, 6.07) is 8.43. The molecule has 4 heteroatoms. The van der Waals surface area contributed by atoms with Crippen LogP contribution in [0.1, 0.15) is 18.2 Å². The zero-order chi connectivity index (χ0) is 12.5. The minimum Gasteiger partial charge on any atom is -0.450 e. The number of fused-ring (bicyclic) bond motifs is 3. The number of benzene rings is 1. The van der Waals surface area contributed by atoms with E-state index in [0.29, 0.717) is 6.61 Å². The van der Waals surface area contributed by atoms with Crippen LogP contribution < -0.4 is 5.32 Å². The van der Waals surface area contributed by atoms with Gasteiger partial charge in [-0.1, -0.05) is 18.2 Å². The third-order valence-corrected chi connectivity index (χ3v) is 3.40. The van der Waals surface area contributed by atoms with E-state index in [-0.39, 0.29) is 12.1 Å². The Morgan fingerprint density at radius 2 is 2.28 bits per heavy atom. The van der Waals surface area contributed by atoms with Crippen LogP contribution in [0.3, 0.4) is 0 Å². The molecule has 2 N–H and O–H groups in total. The van der Waals surface area contributed by atoms with Gasteiger partial charge < -0.3 is 15.0 Å². The van der Waals surface area contributed by atoms with Gasteiger partial charge in [-0.2, -0.15) is 0 Å². The molecule has 2 aromatic rings. The number of hydrogen-bond acceptors (Lipinski definition) is 2. The van der Waals surface area contributed by atoms with E-state index in [9.17, 15) is 4.79 Å². The number of alkyl carbamates (subject to hydrolysis) is 1. The Balaban J connectivity index is 1.78. The Labute approximate surface area is 105 Å². The summed E-state index contributed by atoms with van der Waals surface area (Å²) in [5, 5.41) is 4.16. The van der Waals surface area contributed by atoms with Gasteiger partial charge in [-0.3, -0.25) is 0 Å². The van der Waals surface area contributed by atoms with Crippen LogP contribution in [0.2, 0.25) is 0 Å². The second-order valence-electron chi connectivity index (χ2n) is 4.60. The average Bonchev–Trinajstić information content (AvgIpc) is 2.86. The molecule has 1 aliphatic rings. The fourth-order valence-electron chi connectivity index (χ4n) is 2.67. The summed E-state index contributed by atoms with van der Waals surface area (Å²) in [5.41, 5.74) is 3.74. The third kappa shape index (κ3) is 1.83. The van der Waals surface area contributed by atoms with Crippen molar-refractivity contribution in [2.45, 2.75) is 25.8 Å². The summed E-state index contributed by atoms with van der Waals surface area (Å²) >= 11 is 0. The minimum atomic E-state index is -0.322. The molecule has 0 spiro atoms. The predicted octanol–water partition coefficient (Wildman–Crippen LogP) is 2.38. The van der Waals surface area contributed by atoms with Crippen LogP contribution in [0.5, 0.6) is 0 Å². The molecule has 94 valence electrons. The topological polar surface area (TPSA) is 54.1 Å². The SMILES string of the molecule is CCOC(=O)NC1Cc2[nH]c3ccccc3c2C1. The van der Waals surface area contributed by atoms with E-state index < -0.39 is 0 Å². The van der Waals surface area contributed by atoms with Gasteiger partial charge in [0.1, 0.15) is 0 Å². The highest BCUT2D eigenvalue weighted by atomic mass is 16.5. The molecule has 1 unspecified atom stereocenters. The number of ether oxygens (including phenoxy) is 1. The summed E-state index contributed by atoms with van der Waals surface area (Å²) in [6.07, 6.45) is 1.40. The van der Waals surface area contributed by atoms with Crippen molar-refractivity contribution in [1.82, 2.24) is 10.3 Å². The van der Waals surface area contributed by atoms with Crippen molar-refractivity contribution in [3.05, 3.63) is 35.5 Å². The summed E-state index contributed by atoms with van der Waals surface area (Å²) in [4.78, 5) is 14.8. The lowest BCUT2D eigenvalue weighted by Crippen LogP contribution is -2.35. The smallest absolute Gasteiger partial charge is 0.407 e. The van der Waals surface area contributed by atoms with Crippen LogP contribution in [-0.2, 0) is 17.6 Å². The highest BCUT2D eigenvalue weighted by molar-refractivity contribution is 5.85. The van der Waals surface area contributed by atoms with Crippen molar-refractivity contribution in [3.63, 3.8) is 0 Å². The van der Waals surface area contributed by atoms with Gasteiger partial charge in [0.05, 0.1) is 6.61 Å². The maximum atomic E-state index is 11.4. The molecule has 1 aromatic carbocycles. The van der Waals surface area contributed by atoms with Crippen molar-refractivity contribution < 1.29 is 9.53 Å². The van der Waals surface area contributed by atoms with Gasteiger partial charge in [0.2, 0.25) is 0 Å². The van der Waals surface area contributed by atoms with E-state index >= 15 is 0 Å². The molecule has 3 rings (SSSR count). The van der Waals surface area contributed by atoms with Gasteiger partial charge in [0.25, 0.3) is 0 Å². The number of aromatic nitrogens is 1. The van der Waals surface area contributed by atoms with E-state index in [1.165, 1.54) is 22.2 Å². The number of aromatic amines is 1. The average molecular weight is 244 g/mol. The van der Waals surface area contributed by atoms with Gasteiger partial charge in [-0.05, 0) is 25.0 Å². The van der Waals surface area contributed by atoms with E-state index in [2.05, 4.69) is 22.4 Å². The van der Waals surface area contributed by atoms with Gasteiger partial charge in [0, 0.05) is 29.1 Å². The van der Waals surface area contributed by atoms with E-state index in [4.69, 9.17) is 4.74 Å². The number of hydrogen-bond donors (Lipinski definition) is 2. The number of H-pyrrole nitrogens is 1. The molecule has 18 heavy (non-hydrogen) atoms. The van der Waals surface area contributed by atoms with Gasteiger partial charge in [0.15, 0.2) is 0 Å². The lowest BCUT2D eigenvalue weighted by molar-refractivity contribution is 0.148. The van der Waals surface area contributed by atoms with Crippen LogP contribution in [0.25, 0.3) is 10.9 Å². The van der Waals surface area contributed by atoms with Crippen LogP contribution >= 0.6 is 0 Å². The van der Waals surface area contributed by atoms with Crippen molar-refractivity contribution in [2.24, 2.45) is 0 Å². The molecule has 0 saturated heterocycles. The zero-order valence-corrected chi connectivity index (χ0v) is 10.3. The third-order valence-electron chi connectivity index (χ3n) is 3.40. The molecule has 1 atom stereocenters. The number of carbonyl (C=O) groups is 1. The highest BCUT2D eigenvalue weighted by Gasteiger charge is 2.26. The summed E-state index contributed by atoms with van der Waals surface area (Å²) in [5.74, 6) is 0. The minimum absolute atomic E-state index is 0.148. The summed E-state index contributed by atoms with van der Waals surface area (Å²) in [7, 11) is 0. The van der Waals surface area contributed by atoms with Crippen LogP contribution in [0.15, 0.2) is 24.3 Å². The second kappa shape index (κ2) is 4.37. The maximum absolute atomic E-state index is 11.4. The monoisotopic (exact) mass is 244 g/mol. The van der Waals surface area contributed by atoms with Crippen LogP contribution in [0, 0.1) is 0 Å². The molecule has 1 aliphatic carbocycles. The standard InChI is InChI=1S/C14H16N2O2/c1-2-18-14(17)15-9-7-11-10-5-3-4-6-12(10)16-13(11)8-9/h3-6,9,16H,2,7-8H2,1H3,(H,15,17). The molecule has 4 nitrogen and oxygen atoms in total. The predicted molar refractivity (Wildman–Crippen MR) is 69.7 cm³/mol. The fourth-order valence-corrected chi connectivity index (χ4v) is 2.67. The number of amides is 1. The molecule has 0 bridgehead atoms. The van der Waals surface area contributed by atoms with Crippen LogP contribution in [0.4, 0.5) is 4.79 Å². The largest absolute Gasteiger partial charge is 0.450 e. The molecule has 0 fully saturated rings. The summed E-state index contributed by atoms with van der Waals surface area (Å²) in [6.45, 7) is 2.22. The Hall–Kier alpha value is -1.97. The number of nitrogens with one attached hydrogen (secondary N) is 2. The van der Waals surface area contributed by atoms with Gasteiger partial charge in [-0.25, -0.2) is 4.79 Å². The van der Waals surface area contributed by atoms with Gasteiger partial charge >= 0.3 is 6.09 Å². The van der Waals surface area contributed by atoms with Crippen molar-refractivity contribution in [2.75, 3.05) is 6.61 Å². The Morgan fingerprint density at radius 1 is 1.44 bits per heavy atom. The Kier molecular flexibility index (Phi) is 2.70. The molecule has 0 aliphatic heterocycles. The molecular weight excluding hydrogens is 228 g/mol. The first-order valence-corrected chi connectivity index (χ1v) is 6.29. The Bertz CT molecular complexity index is 588. The lowest BCUT2D eigenvalue weighted by Gasteiger charge is -2.11. The van der Waals surface area contributed by atoms with E-state index in [1.807, 2.05) is 19.1 Å². The quantitative estimate of drug-likeness (QED) is 0.852. The highest BCUT2D eigenvalue weighted by Crippen LogP contribution is 2.29. The molecule has 1 aromatic heterocycles. The normalized spacial score (nSPS) is 17.7. The molecular formula is C14H16N2O2. The van der Waals surface area contributed by atoms with Crippen molar-refractivity contribution >= 4 is 17.0 Å². The molecule has 0 radical (unpaired) electrons. The first-order chi connectivity index (χ1) is 8.78. The van der Waals surface area contributed by atoms with Crippen molar-refractivity contribution in [1.29, 1.82) is 0 Å². The Morgan fingerprint density at radius 3 is 3.11 bits per heavy atom. The van der Waals surface area contributed by atoms with Crippen molar-refractivity contribution in [3.8, 4) is 0 Å². The number of rotatable bonds is 2. The lowest BCUT2D eigenvalue weighted by atomic mass is 10.1. The molecule has 1 heterocycles. The van der Waals surface area contributed by atoms with E-state index in [1.54, 1.807) is 0 Å². The van der Waals surface area contributed by atoms with E-state index in [0.717, 1.165) is 12.8 Å². The first-order valence-electron chi connectivity index (χ1n) is 6.29. The number of para-hydroxylation sites is 1. The maximum Gasteiger partial charge on any atom is 0.407 e. The van der Waals surface area contributed by atoms with Crippen LogP contribution in [-0.4, -0.2) is 23.7 Å². The zero-order valence-electron chi connectivity index (χ0n) is 10.3. The number of carbonyl (C=O) groups excluding carboxylic acids is 1. The molecule has 0 saturated carbocycles. The second-order valence-corrected chi connectivity index (χ2v) is 4.60.